The summed E-state index contributed by atoms with van der Waals surface area (Å²) in [7, 11) is 0. The van der Waals surface area contributed by atoms with Crippen LogP contribution in [0, 0.1) is 0 Å². The van der Waals surface area contributed by atoms with Gasteiger partial charge in [0.15, 0.2) is 5.96 Å². The predicted octanol–water partition coefficient (Wildman–Crippen LogP) is 2.18. The number of ether oxygens (including phenoxy) is 1. The highest BCUT2D eigenvalue weighted by Crippen LogP contribution is 2.06. The van der Waals surface area contributed by atoms with Gasteiger partial charge in [-0.25, -0.2) is 4.79 Å². The van der Waals surface area contributed by atoms with E-state index in [0.29, 0.717) is 19.0 Å². The summed E-state index contributed by atoms with van der Waals surface area (Å²) < 4.78 is 5.12. The Balaban J connectivity index is 0. The standard InChI is InChI=1S/C13H28N4O2.HI/c1-6-17(7-2)11(14)15-9-8-10-16-12(18)19-13(3,4)5;/h6-10H2,1-5H3,(H2,14,15)(H,16,18);1H. The molecule has 0 heterocycles. The van der Waals surface area contributed by atoms with Crippen molar-refractivity contribution >= 4 is 36.0 Å². The van der Waals surface area contributed by atoms with Crippen molar-refractivity contribution in [2.75, 3.05) is 26.2 Å². The molecule has 0 atom stereocenters. The first kappa shape index (κ1) is 21.6. The largest absolute Gasteiger partial charge is 0.444 e. The van der Waals surface area contributed by atoms with Crippen LogP contribution >= 0.6 is 24.0 Å². The highest BCUT2D eigenvalue weighted by atomic mass is 127. The monoisotopic (exact) mass is 400 g/mol. The maximum absolute atomic E-state index is 11.4. The number of guanidine groups is 1. The van der Waals surface area contributed by atoms with Gasteiger partial charge in [-0.15, -0.1) is 24.0 Å². The fraction of sp³-hybridized carbons (Fsp3) is 0.846. The third kappa shape index (κ3) is 11.1. The molecular weight excluding hydrogens is 371 g/mol. The SMILES string of the molecule is CCN(CC)C(N)=NCCCNC(=O)OC(C)(C)C.I. The molecule has 3 N–H and O–H groups in total. The van der Waals surface area contributed by atoms with Crippen LogP contribution in [0.4, 0.5) is 4.79 Å². The average Bonchev–Trinajstić information content (AvgIpc) is 2.27. The summed E-state index contributed by atoms with van der Waals surface area (Å²) in [6, 6.07) is 0. The maximum atomic E-state index is 11.4. The molecule has 0 radical (unpaired) electrons. The molecule has 0 saturated carbocycles. The lowest BCUT2D eigenvalue weighted by molar-refractivity contribution is 0.0527. The number of nitrogens with one attached hydrogen (secondary N) is 1. The van der Waals surface area contributed by atoms with Crippen molar-refractivity contribution in [1.82, 2.24) is 10.2 Å². The van der Waals surface area contributed by atoms with Gasteiger partial charge < -0.3 is 20.7 Å². The molecule has 0 aliphatic carbocycles. The minimum absolute atomic E-state index is 0. The van der Waals surface area contributed by atoms with Gasteiger partial charge in [-0.1, -0.05) is 0 Å². The van der Waals surface area contributed by atoms with Gasteiger partial charge in [0.1, 0.15) is 5.60 Å². The third-order valence-corrected chi connectivity index (χ3v) is 2.36. The van der Waals surface area contributed by atoms with Crippen molar-refractivity contribution in [2.45, 2.75) is 46.6 Å². The van der Waals surface area contributed by atoms with Gasteiger partial charge in [0.05, 0.1) is 0 Å². The van der Waals surface area contributed by atoms with E-state index in [-0.39, 0.29) is 24.0 Å². The lowest BCUT2D eigenvalue weighted by Gasteiger charge is -2.20. The third-order valence-electron chi connectivity index (χ3n) is 2.36. The van der Waals surface area contributed by atoms with Gasteiger partial charge >= 0.3 is 6.09 Å². The molecule has 0 fully saturated rings. The van der Waals surface area contributed by atoms with Gasteiger partial charge in [0.25, 0.3) is 0 Å². The van der Waals surface area contributed by atoms with Gasteiger partial charge in [0.2, 0.25) is 0 Å². The Hall–Kier alpha value is -0.730. The van der Waals surface area contributed by atoms with Crippen LogP contribution in [0.3, 0.4) is 0 Å². The molecule has 0 aliphatic rings. The van der Waals surface area contributed by atoms with Crippen LogP contribution in [-0.4, -0.2) is 48.7 Å². The number of hydrogen-bond acceptors (Lipinski definition) is 3. The lowest BCUT2D eigenvalue weighted by Crippen LogP contribution is -2.37. The van der Waals surface area contributed by atoms with Crippen molar-refractivity contribution in [2.24, 2.45) is 10.7 Å². The Labute approximate surface area is 139 Å². The van der Waals surface area contributed by atoms with E-state index in [4.69, 9.17) is 10.5 Å². The number of alkyl carbamates (subject to hydrolysis) is 1. The van der Waals surface area contributed by atoms with Crippen molar-refractivity contribution in [3.8, 4) is 0 Å². The molecule has 0 aromatic heterocycles. The summed E-state index contributed by atoms with van der Waals surface area (Å²) in [5, 5.41) is 2.69. The molecule has 0 aliphatic heterocycles. The zero-order chi connectivity index (χ0) is 14.9. The Morgan fingerprint density at radius 1 is 1.30 bits per heavy atom. The second-order valence-electron chi connectivity index (χ2n) is 5.19. The summed E-state index contributed by atoms with van der Waals surface area (Å²) in [6.07, 6.45) is 0.342. The fourth-order valence-corrected chi connectivity index (χ4v) is 1.42. The number of nitrogens with two attached hydrogens (primary N) is 1. The van der Waals surface area contributed by atoms with Crippen molar-refractivity contribution < 1.29 is 9.53 Å². The van der Waals surface area contributed by atoms with E-state index in [0.717, 1.165) is 19.5 Å². The smallest absolute Gasteiger partial charge is 0.407 e. The first-order valence-corrected chi connectivity index (χ1v) is 6.81. The molecular formula is C13H29IN4O2. The number of rotatable bonds is 6. The summed E-state index contributed by atoms with van der Waals surface area (Å²) >= 11 is 0. The topological polar surface area (TPSA) is 80.0 Å². The van der Waals surface area contributed by atoms with E-state index in [1.165, 1.54) is 0 Å². The number of carbonyl (C=O) groups is 1. The zero-order valence-electron chi connectivity index (χ0n) is 13.2. The maximum Gasteiger partial charge on any atom is 0.407 e. The molecule has 20 heavy (non-hydrogen) atoms. The van der Waals surface area contributed by atoms with Gasteiger partial charge in [0, 0.05) is 26.2 Å². The molecule has 7 heteroatoms. The van der Waals surface area contributed by atoms with Gasteiger partial charge in [-0.3, -0.25) is 4.99 Å². The predicted molar refractivity (Wildman–Crippen MR) is 93.7 cm³/mol. The molecule has 0 saturated heterocycles. The molecule has 0 spiro atoms. The molecule has 120 valence electrons. The number of carbonyl (C=O) groups excluding carboxylic acids is 1. The Morgan fingerprint density at radius 3 is 2.30 bits per heavy atom. The highest BCUT2D eigenvalue weighted by Gasteiger charge is 2.15. The zero-order valence-corrected chi connectivity index (χ0v) is 15.6. The molecule has 0 aromatic rings. The summed E-state index contributed by atoms with van der Waals surface area (Å²) in [4.78, 5) is 17.6. The van der Waals surface area contributed by atoms with Crippen LogP contribution in [-0.2, 0) is 4.74 Å². The van der Waals surface area contributed by atoms with Crippen LogP contribution in [0.2, 0.25) is 0 Å². The van der Waals surface area contributed by atoms with Crippen LogP contribution < -0.4 is 11.1 Å². The quantitative estimate of drug-likeness (QED) is 0.310. The van der Waals surface area contributed by atoms with Crippen molar-refractivity contribution in [3.05, 3.63) is 0 Å². The van der Waals surface area contributed by atoms with E-state index < -0.39 is 11.7 Å². The minimum Gasteiger partial charge on any atom is -0.444 e. The molecule has 0 aromatic carbocycles. The van der Waals surface area contributed by atoms with Gasteiger partial charge in [-0.2, -0.15) is 0 Å². The van der Waals surface area contributed by atoms with Gasteiger partial charge in [-0.05, 0) is 41.0 Å². The first-order valence-electron chi connectivity index (χ1n) is 6.81. The van der Waals surface area contributed by atoms with E-state index in [2.05, 4.69) is 10.3 Å². The Bertz CT molecular complexity index is 299. The normalized spacial score (nSPS) is 11.6. The first-order chi connectivity index (χ1) is 8.80. The number of aliphatic imine (C=N–C) groups is 1. The minimum atomic E-state index is -0.463. The molecule has 0 unspecified atom stereocenters. The van der Waals surface area contributed by atoms with Crippen LogP contribution in [0.15, 0.2) is 4.99 Å². The Morgan fingerprint density at radius 2 is 1.85 bits per heavy atom. The summed E-state index contributed by atoms with van der Waals surface area (Å²) in [5.74, 6) is 0.558. The lowest BCUT2D eigenvalue weighted by atomic mass is 10.2. The second-order valence-corrected chi connectivity index (χ2v) is 5.19. The fourth-order valence-electron chi connectivity index (χ4n) is 1.42. The van der Waals surface area contributed by atoms with E-state index in [9.17, 15) is 4.79 Å². The molecule has 0 rings (SSSR count). The molecule has 6 nitrogen and oxygen atoms in total. The van der Waals surface area contributed by atoms with Crippen LogP contribution in [0.5, 0.6) is 0 Å². The second kappa shape index (κ2) is 11.0. The number of amides is 1. The van der Waals surface area contributed by atoms with Crippen molar-refractivity contribution in [1.29, 1.82) is 0 Å². The van der Waals surface area contributed by atoms with E-state index in [1.54, 1.807) is 0 Å². The van der Waals surface area contributed by atoms with Crippen molar-refractivity contribution in [3.63, 3.8) is 0 Å². The number of nitrogens with zero attached hydrogens (tertiary/aromatic N) is 2. The molecule has 0 bridgehead atoms. The number of hydrogen-bond donors (Lipinski definition) is 2. The van der Waals surface area contributed by atoms with Crippen LogP contribution in [0.25, 0.3) is 0 Å². The summed E-state index contributed by atoms with van der Waals surface area (Å²) in [5.41, 5.74) is 5.37. The average molecular weight is 400 g/mol. The number of halogens is 1. The molecule has 1 amide bonds. The highest BCUT2D eigenvalue weighted by molar-refractivity contribution is 14.0. The van der Waals surface area contributed by atoms with Crippen LogP contribution in [0.1, 0.15) is 41.0 Å². The van der Waals surface area contributed by atoms with E-state index >= 15 is 0 Å². The summed E-state index contributed by atoms with van der Waals surface area (Å²) in [6.45, 7) is 12.4. The Kier molecular flexibility index (Phi) is 11.8. The van der Waals surface area contributed by atoms with E-state index in [1.807, 2.05) is 39.5 Å².